The summed E-state index contributed by atoms with van der Waals surface area (Å²) >= 11 is 0. The summed E-state index contributed by atoms with van der Waals surface area (Å²) in [6.45, 7) is 0. The quantitative estimate of drug-likeness (QED) is 0.678. The molecular formula is C20H24N3O2+. The van der Waals surface area contributed by atoms with Gasteiger partial charge in [0.2, 0.25) is 5.78 Å². The third kappa shape index (κ3) is 3.56. The van der Waals surface area contributed by atoms with Crippen molar-refractivity contribution in [3.05, 3.63) is 60.3 Å². The summed E-state index contributed by atoms with van der Waals surface area (Å²) in [6.07, 6.45) is 9.99. The van der Waals surface area contributed by atoms with Gasteiger partial charge in [-0.2, -0.15) is 5.10 Å². The second-order valence-electron chi connectivity index (χ2n) is 7.10. The van der Waals surface area contributed by atoms with Crippen molar-refractivity contribution >= 4 is 17.2 Å². The van der Waals surface area contributed by atoms with Gasteiger partial charge in [-0.1, -0.05) is 24.3 Å². The van der Waals surface area contributed by atoms with Crippen LogP contribution in [0.3, 0.4) is 0 Å². The number of fused-ring (bicyclic) bond motifs is 1. The lowest BCUT2D eigenvalue weighted by Gasteiger charge is -2.32. The van der Waals surface area contributed by atoms with Crippen LogP contribution in [0.1, 0.15) is 0 Å². The highest BCUT2D eigenvalue weighted by Gasteiger charge is 2.34. The number of likely N-dealkylation sites (N-methyl/N-ethyl adjacent to an activating group) is 1. The van der Waals surface area contributed by atoms with Crippen LogP contribution in [0.4, 0.5) is 5.69 Å². The number of carbonyl (C=O) groups excluding carboxylic acids is 1. The molecule has 0 radical (unpaired) electrons. The standard InChI is InChI=1S/C20H23N3O2/c1-23(2,3)15-11-9-14-10-12-18(24)20(16(14)13-15)22-21-17-7-5-6-8-19(17)25-4/h5-14,16H,1-4H3/p+1. The first-order valence-electron chi connectivity index (χ1n) is 8.31. The minimum absolute atomic E-state index is 0.0583. The van der Waals surface area contributed by atoms with Crippen molar-refractivity contribution in [2.45, 2.75) is 0 Å². The molecule has 0 spiro atoms. The molecule has 5 nitrogen and oxygen atoms in total. The van der Waals surface area contributed by atoms with E-state index in [0.29, 0.717) is 15.9 Å². The van der Waals surface area contributed by atoms with Crippen molar-refractivity contribution in [2.75, 3.05) is 33.7 Å². The predicted octanol–water partition coefficient (Wildman–Crippen LogP) is 2.99. The van der Waals surface area contributed by atoms with Crippen LogP contribution < -0.4 is 10.2 Å². The Morgan fingerprint density at radius 1 is 1.12 bits per heavy atom. The van der Waals surface area contributed by atoms with E-state index in [1.54, 1.807) is 13.2 Å². The number of ketones is 1. The number of nitrogens with one attached hydrogen (secondary N) is 1. The number of rotatable bonds is 4. The Kier molecular flexibility index (Phi) is 4.59. The van der Waals surface area contributed by atoms with Crippen LogP contribution in [0.5, 0.6) is 5.75 Å². The highest BCUT2D eigenvalue weighted by Crippen LogP contribution is 2.31. The highest BCUT2D eigenvalue weighted by atomic mass is 16.5. The number of anilines is 1. The molecule has 1 aromatic carbocycles. The maximum atomic E-state index is 12.4. The lowest BCUT2D eigenvalue weighted by Crippen LogP contribution is -2.38. The Balaban J connectivity index is 1.93. The molecule has 5 heteroatoms. The molecule has 1 N–H and O–H groups in total. The lowest BCUT2D eigenvalue weighted by atomic mass is 9.78. The van der Waals surface area contributed by atoms with Crippen LogP contribution >= 0.6 is 0 Å². The van der Waals surface area contributed by atoms with Gasteiger partial charge in [-0.25, -0.2) is 0 Å². The molecule has 0 bridgehead atoms. The normalized spacial score (nSPS) is 24.1. The van der Waals surface area contributed by atoms with Gasteiger partial charge in [0.05, 0.1) is 33.9 Å². The van der Waals surface area contributed by atoms with Gasteiger partial charge in [0.15, 0.2) is 0 Å². The molecule has 2 aliphatic carbocycles. The zero-order valence-electron chi connectivity index (χ0n) is 15.1. The number of hydrazone groups is 1. The van der Waals surface area contributed by atoms with Crippen molar-refractivity contribution < 1.29 is 14.0 Å². The molecule has 25 heavy (non-hydrogen) atoms. The van der Waals surface area contributed by atoms with Crippen molar-refractivity contribution in [3.8, 4) is 5.75 Å². The van der Waals surface area contributed by atoms with Crippen LogP contribution in [0.2, 0.25) is 0 Å². The maximum Gasteiger partial charge on any atom is 0.202 e. The van der Waals surface area contributed by atoms with Gasteiger partial charge in [-0.3, -0.25) is 14.7 Å². The van der Waals surface area contributed by atoms with Gasteiger partial charge in [0.25, 0.3) is 0 Å². The van der Waals surface area contributed by atoms with Crippen LogP contribution in [0.15, 0.2) is 65.4 Å². The second-order valence-corrected chi connectivity index (χ2v) is 7.10. The van der Waals surface area contributed by atoms with E-state index in [4.69, 9.17) is 4.74 Å². The third-order valence-electron chi connectivity index (χ3n) is 4.47. The van der Waals surface area contributed by atoms with Crippen molar-refractivity contribution in [1.82, 2.24) is 0 Å². The predicted molar refractivity (Wildman–Crippen MR) is 100 cm³/mol. The second kappa shape index (κ2) is 6.69. The van der Waals surface area contributed by atoms with Gasteiger partial charge in [0.1, 0.15) is 17.2 Å². The molecule has 0 saturated carbocycles. The van der Waals surface area contributed by atoms with E-state index >= 15 is 0 Å². The van der Waals surface area contributed by atoms with Crippen molar-refractivity contribution in [3.63, 3.8) is 0 Å². The molecule has 1 aromatic rings. The van der Waals surface area contributed by atoms with Crippen LogP contribution in [0.25, 0.3) is 0 Å². The van der Waals surface area contributed by atoms with E-state index in [1.165, 1.54) is 0 Å². The van der Waals surface area contributed by atoms with Gasteiger partial charge >= 0.3 is 0 Å². The number of methoxy groups -OCH3 is 1. The first-order chi connectivity index (χ1) is 11.9. The van der Waals surface area contributed by atoms with Crippen LogP contribution in [-0.4, -0.2) is 44.2 Å². The van der Waals surface area contributed by atoms with E-state index in [1.807, 2.05) is 30.3 Å². The van der Waals surface area contributed by atoms with Crippen molar-refractivity contribution in [2.24, 2.45) is 16.9 Å². The van der Waals surface area contributed by atoms with Gasteiger partial charge in [-0.05, 0) is 30.4 Å². The molecule has 2 aliphatic rings. The summed E-state index contributed by atoms with van der Waals surface area (Å²) in [7, 11) is 7.95. The first kappa shape index (κ1) is 17.2. The summed E-state index contributed by atoms with van der Waals surface area (Å²) in [5, 5.41) is 4.44. The van der Waals surface area contributed by atoms with E-state index in [0.717, 1.165) is 11.4 Å². The molecule has 0 aliphatic heterocycles. The van der Waals surface area contributed by atoms with E-state index in [9.17, 15) is 4.79 Å². The van der Waals surface area contributed by atoms with E-state index < -0.39 is 0 Å². The van der Waals surface area contributed by atoms with Crippen LogP contribution in [-0.2, 0) is 4.79 Å². The molecular weight excluding hydrogens is 314 g/mol. The lowest BCUT2D eigenvalue weighted by molar-refractivity contribution is -0.828. The molecule has 0 heterocycles. The van der Waals surface area contributed by atoms with E-state index in [2.05, 4.69) is 49.9 Å². The Hall–Kier alpha value is -2.66. The summed E-state index contributed by atoms with van der Waals surface area (Å²) in [6, 6.07) is 7.52. The SMILES string of the molecule is COc1ccccc1NN=C1C(=O)C=CC2C=CC([N+](C)(C)C)=CC12. The minimum atomic E-state index is -0.0593. The van der Waals surface area contributed by atoms with Gasteiger partial charge in [-0.15, -0.1) is 0 Å². The molecule has 2 atom stereocenters. The number of carbonyl (C=O) groups is 1. The highest BCUT2D eigenvalue weighted by molar-refractivity contribution is 6.46. The van der Waals surface area contributed by atoms with Gasteiger partial charge in [0, 0.05) is 11.8 Å². The molecule has 0 aromatic heterocycles. The van der Waals surface area contributed by atoms with E-state index in [-0.39, 0.29) is 17.6 Å². The number of quaternary nitrogens is 1. The third-order valence-corrected chi connectivity index (χ3v) is 4.47. The first-order valence-corrected chi connectivity index (χ1v) is 8.31. The number of benzene rings is 1. The fourth-order valence-electron chi connectivity index (χ4n) is 3.01. The summed E-state index contributed by atoms with van der Waals surface area (Å²) < 4.78 is 6.02. The average molecular weight is 338 g/mol. The Morgan fingerprint density at radius 3 is 2.56 bits per heavy atom. The molecule has 3 rings (SSSR count). The van der Waals surface area contributed by atoms with Gasteiger partial charge < -0.3 is 4.74 Å². The van der Waals surface area contributed by atoms with Crippen molar-refractivity contribution in [1.29, 1.82) is 0 Å². The smallest absolute Gasteiger partial charge is 0.202 e. The summed E-state index contributed by atoms with van der Waals surface area (Å²) in [5.41, 5.74) is 5.42. The molecule has 130 valence electrons. The molecule has 0 fully saturated rings. The Labute approximate surface area is 148 Å². The monoisotopic (exact) mass is 338 g/mol. The number of hydrogen-bond acceptors (Lipinski definition) is 4. The topological polar surface area (TPSA) is 50.7 Å². The molecule has 0 amide bonds. The number of para-hydroxylation sites is 2. The minimum Gasteiger partial charge on any atom is -0.495 e. The number of ether oxygens (including phenoxy) is 1. The number of allylic oxidation sites excluding steroid dienone is 5. The largest absolute Gasteiger partial charge is 0.495 e. The van der Waals surface area contributed by atoms with Crippen LogP contribution in [0, 0.1) is 11.8 Å². The number of nitrogens with zero attached hydrogens (tertiary/aromatic N) is 2. The Bertz CT molecular complexity index is 797. The zero-order chi connectivity index (χ0) is 18.0. The zero-order valence-corrected chi connectivity index (χ0v) is 15.1. The fraction of sp³-hybridized carbons (Fsp3) is 0.300. The maximum absolute atomic E-state index is 12.4. The molecule has 2 unspecified atom stereocenters. The summed E-state index contributed by atoms with van der Waals surface area (Å²) in [4.78, 5) is 12.4. The fourth-order valence-corrected chi connectivity index (χ4v) is 3.01. The summed E-state index contributed by atoms with van der Waals surface area (Å²) in [5.74, 6) is 0.729. The Morgan fingerprint density at radius 2 is 1.84 bits per heavy atom. The average Bonchev–Trinajstić information content (AvgIpc) is 2.60. The number of hydrogen-bond donors (Lipinski definition) is 1. The molecule has 0 saturated heterocycles.